The quantitative estimate of drug-likeness (QED) is 0.724. The van der Waals surface area contributed by atoms with Crippen molar-refractivity contribution < 1.29 is 4.79 Å². The van der Waals surface area contributed by atoms with Gasteiger partial charge in [0.15, 0.2) is 0 Å². The van der Waals surface area contributed by atoms with E-state index in [4.69, 9.17) is 0 Å². The lowest BCUT2D eigenvalue weighted by Gasteiger charge is -2.06. The van der Waals surface area contributed by atoms with Crippen molar-refractivity contribution in [1.29, 1.82) is 0 Å². The smallest absolute Gasteiger partial charge is 0.270 e. The van der Waals surface area contributed by atoms with E-state index in [1.54, 1.807) is 12.3 Å². The minimum Gasteiger partial charge on any atom is -0.351 e. The van der Waals surface area contributed by atoms with Gasteiger partial charge in [0.25, 0.3) is 5.91 Å². The molecular weight excluding hydrogens is 228 g/mol. The molecule has 1 aromatic rings. The molecule has 1 aliphatic rings. The van der Waals surface area contributed by atoms with Crippen molar-refractivity contribution in [3.05, 3.63) is 18.0 Å². The molecule has 1 amide bonds. The summed E-state index contributed by atoms with van der Waals surface area (Å²) in [7, 11) is 0. The van der Waals surface area contributed by atoms with Crippen LogP contribution in [-0.2, 0) is 0 Å². The number of hydrogen-bond donors (Lipinski definition) is 2. The standard InChI is InChI=1S/C13H20N4O/c1-2-3-4-8-14-12(18)11-7-9-15-13(17-11)16-10-5-6-10/h7,9-10H,2-6,8H2,1H3,(H,14,18)(H,15,16,17). The van der Waals surface area contributed by atoms with Gasteiger partial charge in [-0.05, 0) is 25.3 Å². The Morgan fingerprint density at radius 1 is 1.44 bits per heavy atom. The third-order valence-electron chi connectivity index (χ3n) is 2.86. The minimum atomic E-state index is -0.118. The van der Waals surface area contributed by atoms with Crippen molar-refractivity contribution in [2.24, 2.45) is 0 Å². The van der Waals surface area contributed by atoms with E-state index in [1.807, 2.05) is 0 Å². The van der Waals surface area contributed by atoms with E-state index < -0.39 is 0 Å². The van der Waals surface area contributed by atoms with Gasteiger partial charge in [0, 0.05) is 18.8 Å². The molecule has 0 spiro atoms. The van der Waals surface area contributed by atoms with Crippen LogP contribution in [0, 0.1) is 0 Å². The van der Waals surface area contributed by atoms with Gasteiger partial charge in [-0.3, -0.25) is 4.79 Å². The maximum atomic E-state index is 11.8. The second-order valence-corrected chi connectivity index (χ2v) is 4.65. The number of amides is 1. The molecular formula is C13H20N4O. The van der Waals surface area contributed by atoms with Gasteiger partial charge in [0.1, 0.15) is 5.69 Å². The molecule has 98 valence electrons. The fourth-order valence-corrected chi connectivity index (χ4v) is 1.63. The highest BCUT2D eigenvalue weighted by Crippen LogP contribution is 2.22. The summed E-state index contributed by atoms with van der Waals surface area (Å²) in [5.74, 6) is 0.436. The molecule has 1 heterocycles. The monoisotopic (exact) mass is 248 g/mol. The van der Waals surface area contributed by atoms with Crippen molar-refractivity contribution in [2.75, 3.05) is 11.9 Å². The van der Waals surface area contributed by atoms with E-state index in [9.17, 15) is 4.79 Å². The normalized spacial score (nSPS) is 14.3. The number of carbonyl (C=O) groups excluding carboxylic acids is 1. The van der Waals surface area contributed by atoms with Gasteiger partial charge in [-0.15, -0.1) is 0 Å². The summed E-state index contributed by atoms with van der Waals surface area (Å²) in [6.07, 6.45) is 7.25. The van der Waals surface area contributed by atoms with Gasteiger partial charge >= 0.3 is 0 Å². The zero-order valence-electron chi connectivity index (χ0n) is 10.8. The molecule has 1 aromatic heterocycles. The Balaban J connectivity index is 1.84. The molecule has 0 aliphatic heterocycles. The van der Waals surface area contributed by atoms with Crippen LogP contribution in [0.5, 0.6) is 0 Å². The lowest BCUT2D eigenvalue weighted by Crippen LogP contribution is -2.25. The van der Waals surface area contributed by atoms with Gasteiger partial charge in [-0.1, -0.05) is 19.8 Å². The molecule has 1 fully saturated rings. The van der Waals surface area contributed by atoms with Gasteiger partial charge < -0.3 is 10.6 Å². The van der Waals surface area contributed by atoms with Crippen LogP contribution in [0.1, 0.15) is 49.5 Å². The van der Waals surface area contributed by atoms with Gasteiger partial charge in [-0.25, -0.2) is 9.97 Å². The molecule has 0 radical (unpaired) electrons. The van der Waals surface area contributed by atoms with Crippen LogP contribution in [0.25, 0.3) is 0 Å². The topological polar surface area (TPSA) is 66.9 Å². The highest BCUT2D eigenvalue weighted by atomic mass is 16.1. The van der Waals surface area contributed by atoms with Crippen LogP contribution in [0.3, 0.4) is 0 Å². The highest BCUT2D eigenvalue weighted by Gasteiger charge is 2.22. The number of aromatic nitrogens is 2. The van der Waals surface area contributed by atoms with Crippen LogP contribution in [-0.4, -0.2) is 28.5 Å². The Kier molecular flexibility index (Phi) is 4.50. The number of carbonyl (C=O) groups is 1. The molecule has 2 N–H and O–H groups in total. The van der Waals surface area contributed by atoms with E-state index in [0.29, 0.717) is 24.2 Å². The van der Waals surface area contributed by atoms with Crippen LogP contribution in [0.4, 0.5) is 5.95 Å². The van der Waals surface area contributed by atoms with Gasteiger partial charge in [0.2, 0.25) is 5.95 Å². The van der Waals surface area contributed by atoms with Crippen molar-refractivity contribution in [3.63, 3.8) is 0 Å². The summed E-state index contributed by atoms with van der Waals surface area (Å²) in [6, 6.07) is 2.14. The predicted molar refractivity (Wildman–Crippen MR) is 70.5 cm³/mol. The van der Waals surface area contributed by atoms with E-state index in [-0.39, 0.29) is 5.91 Å². The van der Waals surface area contributed by atoms with Crippen molar-refractivity contribution >= 4 is 11.9 Å². The van der Waals surface area contributed by atoms with E-state index in [0.717, 1.165) is 32.1 Å². The summed E-state index contributed by atoms with van der Waals surface area (Å²) >= 11 is 0. The summed E-state index contributed by atoms with van der Waals surface area (Å²) in [4.78, 5) is 20.2. The Morgan fingerprint density at radius 2 is 2.28 bits per heavy atom. The summed E-state index contributed by atoms with van der Waals surface area (Å²) in [6.45, 7) is 2.85. The van der Waals surface area contributed by atoms with Crippen molar-refractivity contribution in [1.82, 2.24) is 15.3 Å². The third-order valence-corrected chi connectivity index (χ3v) is 2.86. The first-order valence-corrected chi connectivity index (χ1v) is 6.67. The summed E-state index contributed by atoms with van der Waals surface area (Å²) in [5, 5.41) is 6.06. The molecule has 0 saturated heterocycles. The highest BCUT2D eigenvalue weighted by molar-refractivity contribution is 5.92. The molecule has 5 heteroatoms. The van der Waals surface area contributed by atoms with Crippen LogP contribution >= 0.6 is 0 Å². The molecule has 0 aromatic carbocycles. The Bertz CT molecular complexity index is 404. The van der Waals surface area contributed by atoms with Gasteiger partial charge in [-0.2, -0.15) is 0 Å². The largest absolute Gasteiger partial charge is 0.351 e. The summed E-state index contributed by atoms with van der Waals surface area (Å²) < 4.78 is 0. The minimum absolute atomic E-state index is 0.118. The second kappa shape index (κ2) is 6.33. The van der Waals surface area contributed by atoms with E-state index in [2.05, 4.69) is 27.5 Å². The Hall–Kier alpha value is -1.65. The average molecular weight is 248 g/mol. The molecule has 2 rings (SSSR count). The van der Waals surface area contributed by atoms with Gasteiger partial charge in [0.05, 0.1) is 0 Å². The fourth-order valence-electron chi connectivity index (χ4n) is 1.63. The SMILES string of the molecule is CCCCCNC(=O)c1ccnc(NC2CC2)n1. The molecule has 0 bridgehead atoms. The first-order chi connectivity index (χ1) is 8.79. The molecule has 0 atom stereocenters. The van der Waals surface area contributed by atoms with Crippen LogP contribution in [0.15, 0.2) is 12.3 Å². The second-order valence-electron chi connectivity index (χ2n) is 4.65. The first-order valence-electron chi connectivity index (χ1n) is 6.67. The molecule has 1 saturated carbocycles. The first kappa shape index (κ1) is 12.8. The van der Waals surface area contributed by atoms with Crippen molar-refractivity contribution in [2.45, 2.75) is 45.1 Å². The maximum absolute atomic E-state index is 11.8. The molecule has 1 aliphatic carbocycles. The van der Waals surface area contributed by atoms with E-state index in [1.165, 1.54) is 0 Å². The van der Waals surface area contributed by atoms with Crippen molar-refractivity contribution in [3.8, 4) is 0 Å². The molecule has 18 heavy (non-hydrogen) atoms. The zero-order chi connectivity index (χ0) is 12.8. The zero-order valence-corrected chi connectivity index (χ0v) is 10.8. The predicted octanol–water partition coefficient (Wildman–Crippen LogP) is 1.97. The number of nitrogens with one attached hydrogen (secondary N) is 2. The molecule has 5 nitrogen and oxygen atoms in total. The number of rotatable bonds is 7. The fraction of sp³-hybridized carbons (Fsp3) is 0.615. The maximum Gasteiger partial charge on any atom is 0.270 e. The Morgan fingerprint density at radius 3 is 3.00 bits per heavy atom. The average Bonchev–Trinajstić information content (AvgIpc) is 3.19. The number of hydrogen-bond acceptors (Lipinski definition) is 4. The molecule has 0 unspecified atom stereocenters. The third kappa shape index (κ3) is 3.98. The number of anilines is 1. The number of nitrogens with zero attached hydrogens (tertiary/aromatic N) is 2. The lowest BCUT2D eigenvalue weighted by molar-refractivity contribution is 0.0948. The lowest BCUT2D eigenvalue weighted by atomic mass is 10.2. The Labute approximate surface area is 107 Å². The van der Waals surface area contributed by atoms with E-state index >= 15 is 0 Å². The van der Waals surface area contributed by atoms with Crippen LogP contribution < -0.4 is 10.6 Å². The van der Waals surface area contributed by atoms with Crippen LogP contribution in [0.2, 0.25) is 0 Å². The summed E-state index contributed by atoms with van der Waals surface area (Å²) in [5.41, 5.74) is 0.435. The number of unbranched alkanes of at least 4 members (excludes halogenated alkanes) is 2.